The van der Waals surface area contributed by atoms with Crippen LogP contribution >= 0.6 is 0 Å². The van der Waals surface area contributed by atoms with Gasteiger partial charge in [-0.05, 0) is 24.3 Å². The van der Waals surface area contributed by atoms with E-state index in [1.54, 1.807) is 24.3 Å². The Kier molecular flexibility index (Phi) is 6.70. The Hall–Kier alpha value is -3.42. The van der Waals surface area contributed by atoms with Crippen LogP contribution in [0.15, 0.2) is 24.3 Å². The largest absolute Gasteiger partial charge is 0.494 e. The molecule has 0 bridgehead atoms. The third kappa shape index (κ3) is 3.95. The zero-order chi connectivity index (χ0) is 20.8. The molecule has 2 rings (SSSR count). The smallest absolute Gasteiger partial charge is 0.221 e. The number of carbonyl (C=O) groups excluding carboxylic acids is 2. The number of methoxy groups -OCH3 is 5. The summed E-state index contributed by atoms with van der Waals surface area (Å²) in [7, 11) is 7.28. The minimum Gasteiger partial charge on any atom is -0.494 e. The standard InChI is InChI=1S/C20H23NO7/c1-11(22)21-17-14(24-2)8-7-13(19(17)27-5)18(23)12-9-15(25-3)20(28-6)16(10-12)26-4/h7-10H,1-6H3,(H,21,22). The zero-order valence-corrected chi connectivity index (χ0v) is 16.7. The van der Waals surface area contributed by atoms with Gasteiger partial charge < -0.3 is 29.0 Å². The molecule has 8 nitrogen and oxygen atoms in total. The molecule has 0 heterocycles. The van der Waals surface area contributed by atoms with Gasteiger partial charge >= 0.3 is 0 Å². The number of hydrogen-bond acceptors (Lipinski definition) is 7. The lowest BCUT2D eigenvalue weighted by Crippen LogP contribution is -2.12. The van der Waals surface area contributed by atoms with E-state index in [-0.39, 0.29) is 28.7 Å². The van der Waals surface area contributed by atoms with Crippen molar-refractivity contribution in [2.24, 2.45) is 0 Å². The minimum absolute atomic E-state index is 0.188. The van der Waals surface area contributed by atoms with E-state index in [1.807, 2.05) is 0 Å². The molecule has 0 aliphatic rings. The molecule has 0 spiro atoms. The summed E-state index contributed by atoms with van der Waals surface area (Å²) in [4.78, 5) is 24.8. The van der Waals surface area contributed by atoms with Gasteiger partial charge in [0, 0.05) is 12.5 Å². The predicted molar refractivity (Wildman–Crippen MR) is 103 cm³/mol. The number of ketones is 1. The van der Waals surface area contributed by atoms with Crippen molar-refractivity contribution >= 4 is 17.4 Å². The lowest BCUT2D eigenvalue weighted by atomic mass is 10.00. The molecule has 150 valence electrons. The normalized spacial score (nSPS) is 10.1. The van der Waals surface area contributed by atoms with Crippen molar-refractivity contribution in [3.05, 3.63) is 35.4 Å². The minimum atomic E-state index is -0.356. The van der Waals surface area contributed by atoms with Gasteiger partial charge in [-0.15, -0.1) is 0 Å². The molecule has 0 unspecified atom stereocenters. The van der Waals surface area contributed by atoms with Crippen molar-refractivity contribution in [3.63, 3.8) is 0 Å². The molecular weight excluding hydrogens is 366 g/mol. The number of hydrogen-bond donors (Lipinski definition) is 1. The van der Waals surface area contributed by atoms with Crippen LogP contribution in [0.1, 0.15) is 22.8 Å². The van der Waals surface area contributed by atoms with Gasteiger partial charge in [0.05, 0.1) is 41.1 Å². The Morgan fingerprint density at radius 1 is 0.750 bits per heavy atom. The summed E-state index contributed by atoms with van der Waals surface area (Å²) in [5.74, 6) is 0.947. The van der Waals surface area contributed by atoms with Crippen molar-refractivity contribution in [2.75, 3.05) is 40.9 Å². The van der Waals surface area contributed by atoms with Crippen LogP contribution in [-0.2, 0) is 4.79 Å². The highest BCUT2D eigenvalue weighted by Gasteiger charge is 2.24. The lowest BCUT2D eigenvalue weighted by molar-refractivity contribution is -0.114. The molecule has 0 aromatic heterocycles. The quantitative estimate of drug-likeness (QED) is 0.694. The van der Waals surface area contributed by atoms with Crippen molar-refractivity contribution in [3.8, 4) is 28.7 Å². The Labute approximate surface area is 163 Å². The summed E-state index contributed by atoms with van der Waals surface area (Å²) in [6.07, 6.45) is 0. The molecule has 0 saturated heterocycles. The van der Waals surface area contributed by atoms with Crippen LogP contribution in [0.3, 0.4) is 0 Å². The highest BCUT2D eigenvalue weighted by Crippen LogP contribution is 2.41. The first-order valence-electron chi connectivity index (χ1n) is 8.29. The topological polar surface area (TPSA) is 92.3 Å². The van der Waals surface area contributed by atoms with Crippen molar-refractivity contribution in [1.29, 1.82) is 0 Å². The molecule has 1 amide bonds. The van der Waals surface area contributed by atoms with Gasteiger partial charge in [-0.2, -0.15) is 0 Å². The summed E-state index contributed by atoms with van der Waals surface area (Å²) >= 11 is 0. The maximum absolute atomic E-state index is 13.2. The molecule has 0 atom stereocenters. The summed E-state index contributed by atoms with van der Waals surface area (Å²) in [5, 5.41) is 2.64. The van der Waals surface area contributed by atoms with E-state index in [0.717, 1.165) is 0 Å². The van der Waals surface area contributed by atoms with E-state index in [0.29, 0.717) is 28.6 Å². The second kappa shape index (κ2) is 8.98. The molecule has 1 N–H and O–H groups in total. The second-order valence-corrected chi connectivity index (χ2v) is 5.65. The van der Waals surface area contributed by atoms with Crippen molar-refractivity contribution < 1.29 is 33.3 Å². The molecule has 2 aromatic carbocycles. The Morgan fingerprint density at radius 2 is 1.29 bits per heavy atom. The fourth-order valence-corrected chi connectivity index (χ4v) is 2.79. The Bertz CT molecular complexity index is 867. The van der Waals surface area contributed by atoms with Crippen molar-refractivity contribution in [2.45, 2.75) is 6.92 Å². The van der Waals surface area contributed by atoms with Gasteiger partial charge in [0.1, 0.15) is 11.4 Å². The second-order valence-electron chi connectivity index (χ2n) is 5.65. The van der Waals surface area contributed by atoms with Crippen LogP contribution in [0.5, 0.6) is 28.7 Å². The number of amides is 1. The molecule has 0 saturated carbocycles. The van der Waals surface area contributed by atoms with Gasteiger partial charge in [0.2, 0.25) is 11.7 Å². The Balaban J connectivity index is 2.65. The van der Waals surface area contributed by atoms with Crippen LogP contribution in [0, 0.1) is 0 Å². The number of nitrogens with one attached hydrogen (secondary N) is 1. The van der Waals surface area contributed by atoms with Crippen LogP contribution in [0.2, 0.25) is 0 Å². The summed E-state index contributed by atoms with van der Waals surface area (Å²) in [6, 6.07) is 6.24. The predicted octanol–water partition coefficient (Wildman–Crippen LogP) is 2.92. The summed E-state index contributed by atoms with van der Waals surface area (Å²) in [5.41, 5.74) is 0.809. The molecule has 0 aliphatic heterocycles. The Morgan fingerprint density at radius 3 is 1.71 bits per heavy atom. The molecular formula is C20H23NO7. The average Bonchev–Trinajstić information content (AvgIpc) is 2.71. The van der Waals surface area contributed by atoms with Gasteiger partial charge in [-0.1, -0.05) is 0 Å². The average molecular weight is 389 g/mol. The van der Waals surface area contributed by atoms with E-state index in [4.69, 9.17) is 23.7 Å². The van der Waals surface area contributed by atoms with Crippen LogP contribution in [-0.4, -0.2) is 47.2 Å². The third-order valence-corrected chi connectivity index (χ3v) is 4.02. The van der Waals surface area contributed by atoms with Gasteiger partial charge in [-0.3, -0.25) is 9.59 Å². The molecule has 8 heteroatoms. The van der Waals surface area contributed by atoms with Gasteiger partial charge in [-0.25, -0.2) is 0 Å². The van der Waals surface area contributed by atoms with E-state index in [9.17, 15) is 9.59 Å². The molecule has 0 aliphatic carbocycles. The zero-order valence-electron chi connectivity index (χ0n) is 16.7. The number of benzene rings is 2. The van der Waals surface area contributed by atoms with Crippen molar-refractivity contribution in [1.82, 2.24) is 0 Å². The van der Waals surface area contributed by atoms with E-state index in [1.165, 1.54) is 42.5 Å². The van der Waals surface area contributed by atoms with E-state index < -0.39 is 0 Å². The fraction of sp³-hybridized carbons (Fsp3) is 0.300. The van der Waals surface area contributed by atoms with Crippen LogP contribution in [0.4, 0.5) is 5.69 Å². The van der Waals surface area contributed by atoms with Crippen LogP contribution < -0.4 is 29.0 Å². The highest BCUT2D eigenvalue weighted by molar-refractivity contribution is 6.13. The molecule has 2 aromatic rings. The van der Waals surface area contributed by atoms with Crippen LogP contribution in [0.25, 0.3) is 0 Å². The fourth-order valence-electron chi connectivity index (χ4n) is 2.79. The molecule has 0 fully saturated rings. The maximum atomic E-state index is 13.2. The first kappa shape index (κ1) is 20.9. The first-order chi connectivity index (χ1) is 13.4. The maximum Gasteiger partial charge on any atom is 0.221 e. The SMILES string of the molecule is COc1ccc(C(=O)c2cc(OC)c(OC)c(OC)c2)c(OC)c1NC(C)=O. The van der Waals surface area contributed by atoms with Gasteiger partial charge in [0.25, 0.3) is 0 Å². The van der Waals surface area contributed by atoms with Gasteiger partial charge in [0.15, 0.2) is 23.0 Å². The summed E-state index contributed by atoms with van der Waals surface area (Å²) in [6.45, 7) is 1.35. The number of carbonyl (C=O) groups is 2. The third-order valence-electron chi connectivity index (χ3n) is 4.02. The molecule has 28 heavy (non-hydrogen) atoms. The monoisotopic (exact) mass is 389 g/mol. The highest BCUT2D eigenvalue weighted by atomic mass is 16.5. The lowest BCUT2D eigenvalue weighted by Gasteiger charge is -2.17. The number of anilines is 1. The number of ether oxygens (including phenoxy) is 5. The number of rotatable bonds is 8. The first-order valence-corrected chi connectivity index (χ1v) is 8.29. The van der Waals surface area contributed by atoms with E-state index in [2.05, 4.69) is 5.32 Å². The van der Waals surface area contributed by atoms with E-state index >= 15 is 0 Å². The summed E-state index contributed by atoms with van der Waals surface area (Å²) < 4.78 is 26.6. The molecule has 0 radical (unpaired) electrons.